The molecule has 0 aliphatic carbocycles. The zero-order valence-electron chi connectivity index (χ0n) is 13.3. The summed E-state index contributed by atoms with van der Waals surface area (Å²) in [6, 6.07) is 0. The van der Waals surface area contributed by atoms with Gasteiger partial charge in [0.05, 0.1) is 0 Å². The molecule has 0 N–H and O–H groups in total. The van der Waals surface area contributed by atoms with Crippen molar-refractivity contribution in [2.24, 2.45) is 17.3 Å². The van der Waals surface area contributed by atoms with Crippen LogP contribution in [0.25, 0.3) is 0 Å². The van der Waals surface area contributed by atoms with Crippen LogP contribution >= 0.6 is 6.29 Å². The minimum absolute atomic E-state index is 0.0980. The van der Waals surface area contributed by atoms with E-state index >= 15 is 0 Å². The molecule has 4 nitrogen and oxygen atoms in total. The Morgan fingerprint density at radius 1 is 1.20 bits per heavy atom. The van der Waals surface area contributed by atoms with Gasteiger partial charge in [-0.15, -0.1) is 0 Å². The maximum atomic E-state index is 12.7. The van der Waals surface area contributed by atoms with Crippen molar-refractivity contribution in [3.63, 3.8) is 0 Å². The average molecular weight is 369 g/mol. The molecule has 0 aromatic carbocycles. The molecule has 1 heterocycles. The van der Waals surface area contributed by atoms with Gasteiger partial charge in [-0.1, -0.05) is 0 Å². The first-order valence-corrected chi connectivity index (χ1v) is 11.9. The van der Waals surface area contributed by atoms with Crippen LogP contribution in [-0.2, 0) is 18.4 Å². The molecular weight excluding hydrogens is 342 g/mol. The zero-order valence-corrected chi connectivity index (χ0v) is 15.9. The van der Waals surface area contributed by atoms with Crippen LogP contribution in [0.3, 0.4) is 0 Å². The number of carbonyl (C=O) groups excluding carboxylic acids is 1. The van der Waals surface area contributed by atoms with E-state index < -0.39 is 20.8 Å². The molecule has 0 bridgehead atoms. The third kappa shape index (κ3) is 5.61. The SMILES string of the molecule is CC(C)CC(=O)C([Se]P1(=O)OCC(C)(C)CO1)C(C)C. The summed E-state index contributed by atoms with van der Waals surface area (Å²) in [5, 5.41) is 0. The van der Waals surface area contributed by atoms with Gasteiger partial charge in [0.15, 0.2) is 0 Å². The summed E-state index contributed by atoms with van der Waals surface area (Å²) >= 11 is -0.441. The maximum absolute atomic E-state index is 12.7. The number of Topliss-reactive ketones (excluding diaryl/α,β-unsaturated/α-hetero) is 1. The van der Waals surface area contributed by atoms with Crippen LogP contribution in [0.15, 0.2) is 0 Å². The van der Waals surface area contributed by atoms with Crippen molar-refractivity contribution < 1.29 is 18.4 Å². The molecule has 1 aliphatic rings. The summed E-state index contributed by atoms with van der Waals surface area (Å²) in [5.41, 5.74) is -0.0980. The molecule has 0 radical (unpaired) electrons. The van der Waals surface area contributed by atoms with Crippen LogP contribution < -0.4 is 0 Å². The molecule has 1 aliphatic heterocycles. The van der Waals surface area contributed by atoms with Crippen LogP contribution in [0.1, 0.15) is 48.0 Å². The standard InChI is InChI=1S/C14H27O4PSe/c1-10(2)7-12(15)13(11(3)4)20-19(16)17-8-14(5,6)9-18-19/h10-11,13H,7-9H2,1-6H3. The molecule has 0 aromatic heterocycles. The first-order chi connectivity index (χ1) is 9.05. The molecule has 118 valence electrons. The van der Waals surface area contributed by atoms with E-state index in [-0.39, 0.29) is 21.9 Å². The molecule has 0 aromatic rings. The number of hydrogen-bond donors (Lipinski definition) is 0. The van der Waals surface area contributed by atoms with Gasteiger partial charge in [-0.05, 0) is 0 Å². The van der Waals surface area contributed by atoms with E-state index in [1.54, 1.807) is 0 Å². The van der Waals surface area contributed by atoms with E-state index in [9.17, 15) is 9.36 Å². The predicted molar refractivity (Wildman–Crippen MR) is 82.1 cm³/mol. The van der Waals surface area contributed by atoms with Crippen molar-refractivity contribution in [1.29, 1.82) is 0 Å². The van der Waals surface area contributed by atoms with Gasteiger partial charge in [-0.2, -0.15) is 0 Å². The van der Waals surface area contributed by atoms with Crippen molar-refractivity contribution >= 4 is 26.6 Å². The Morgan fingerprint density at radius 2 is 1.70 bits per heavy atom. The van der Waals surface area contributed by atoms with Crippen molar-refractivity contribution in [3.8, 4) is 0 Å². The van der Waals surface area contributed by atoms with Crippen LogP contribution in [0, 0.1) is 17.3 Å². The Balaban J connectivity index is 2.71. The Kier molecular flexibility index (Phi) is 6.50. The molecule has 0 spiro atoms. The molecular formula is C14H27O4PSe. The molecule has 0 amide bonds. The zero-order chi connectivity index (χ0) is 15.6. The summed E-state index contributed by atoms with van der Waals surface area (Å²) in [6.07, 6.45) is -2.52. The summed E-state index contributed by atoms with van der Waals surface area (Å²) in [5.74, 6) is 0.698. The summed E-state index contributed by atoms with van der Waals surface area (Å²) < 4.78 is 23.7. The second-order valence-corrected chi connectivity index (χ2v) is 13.8. The molecule has 1 atom stereocenters. The van der Waals surface area contributed by atoms with Gasteiger partial charge in [0.2, 0.25) is 0 Å². The van der Waals surface area contributed by atoms with E-state index in [1.165, 1.54) is 0 Å². The van der Waals surface area contributed by atoms with E-state index in [4.69, 9.17) is 9.05 Å². The van der Waals surface area contributed by atoms with E-state index in [2.05, 4.69) is 0 Å². The van der Waals surface area contributed by atoms with E-state index in [0.29, 0.717) is 25.6 Å². The number of rotatable bonds is 6. The summed E-state index contributed by atoms with van der Waals surface area (Å²) in [4.78, 5) is 12.1. The quantitative estimate of drug-likeness (QED) is 0.526. The molecule has 20 heavy (non-hydrogen) atoms. The van der Waals surface area contributed by atoms with Crippen molar-refractivity contribution in [2.75, 3.05) is 13.2 Å². The Labute approximate surface area is 128 Å². The van der Waals surface area contributed by atoms with Gasteiger partial charge in [0.25, 0.3) is 0 Å². The van der Waals surface area contributed by atoms with Gasteiger partial charge >= 0.3 is 128 Å². The van der Waals surface area contributed by atoms with Gasteiger partial charge in [0, 0.05) is 0 Å². The molecule has 6 heteroatoms. The normalized spacial score (nSPS) is 23.0. The monoisotopic (exact) mass is 370 g/mol. The Morgan fingerprint density at radius 3 is 2.10 bits per heavy atom. The summed E-state index contributed by atoms with van der Waals surface area (Å²) in [6.45, 7) is 13.0. The van der Waals surface area contributed by atoms with Gasteiger partial charge in [0.1, 0.15) is 0 Å². The number of hydrogen-bond acceptors (Lipinski definition) is 4. The van der Waals surface area contributed by atoms with Crippen molar-refractivity contribution in [1.82, 2.24) is 0 Å². The van der Waals surface area contributed by atoms with Gasteiger partial charge in [-0.3, -0.25) is 0 Å². The number of ketones is 1. The van der Waals surface area contributed by atoms with Gasteiger partial charge < -0.3 is 0 Å². The molecule has 1 unspecified atom stereocenters. The Bertz CT molecular complexity index is 379. The number of carbonyl (C=O) groups is 1. The van der Waals surface area contributed by atoms with Crippen LogP contribution in [-0.4, -0.2) is 33.5 Å². The first kappa shape index (κ1) is 18.4. The van der Waals surface area contributed by atoms with Gasteiger partial charge in [-0.25, -0.2) is 0 Å². The van der Waals surface area contributed by atoms with Crippen molar-refractivity contribution in [3.05, 3.63) is 0 Å². The average Bonchev–Trinajstić information content (AvgIpc) is 2.29. The first-order valence-electron chi connectivity index (χ1n) is 7.15. The summed E-state index contributed by atoms with van der Waals surface area (Å²) in [7, 11) is 0. The van der Waals surface area contributed by atoms with Crippen LogP contribution in [0.5, 0.6) is 0 Å². The second-order valence-electron chi connectivity index (χ2n) is 6.99. The van der Waals surface area contributed by atoms with Crippen LogP contribution in [0.2, 0.25) is 4.82 Å². The Hall–Kier alpha value is 0.339. The van der Waals surface area contributed by atoms with Crippen molar-refractivity contribution in [2.45, 2.75) is 52.8 Å². The van der Waals surface area contributed by atoms with E-state index in [1.807, 2.05) is 41.5 Å². The molecule has 1 rings (SSSR count). The molecule has 1 saturated heterocycles. The topological polar surface area (TPSA) is 52.6 Å². The molecule has 0 saturated carbocycles. The fourth-order valence-corrected chi connectivity index (χ4v) is 9.36. The fraction of sp³-hybridized carbons (Fsp3) is 0.929. The fourth-order valence-electron chi connectivity index (χ4n) is 1.86. The second kappa shape index (κ2) is 7.07. The molecule has 1 fully saturated rings. The third-order valence-corrected chi connectivity index (χ3v) is 10.5. The van der Waals surface area contributed by atoms with Crippen LogP contribution in [0.4, 0.5) is 0 Å². The minimum atomic E-state index is -3.06. The van der Waals surface area contributed by atoms with E-state index in [0.717, 1.165) is 0 Å². The third-order valence-electron chi connectivity index (χ3n) is 3.00. The predicted octanol–water partition coefficient (Wildman–Crippen LogP) is 3.93.